The van der Waals surface area contributed by atoms with Crippen LogP contribution in [0.15, 0.2) is 27.6 Å². The average molecular weight is 506 g/mol. The minimum Gasteiger partial charge on any atom is -0.376 e. The maximum atomic E-state index is 13.0. The number of nitrogens with zero attached hydrogens (tertiary/aromatic N) is 2. The predicted molar refractivity (Wildman–Crippen MR) is 131 cm³/mol. The van der Waals surface area contributed by atoms with Crippen LogP contribution in [0.4, 0.5) is 0 Å². The van der Waals surface area contributed by atoms with Crippen molar-refractivity contribution in [2.75, 3.05) is 13.2 Å². The Morgan fingerprint density at radius 2 is 1.93 bits per heavy atom. The normalized spacial score (nSPS) is 20.8. The molecule has 0 spiro atoms. The zero-order valence-corrected chi connectivity index (χ0v) is 20.8. The van der Waals surface area contributed by atoms with Crippen molar-refractivity contribution < 1.29 is 9.53 Å². The van der Waals surface area contributed by atoms with Crippen LogP contribution in [-0.2, 0) is 9.53 Å². The van der Waals surface area contributed by atoms with E-state index in [1.165, 1.54) is 22.9 Å². The zero-order valence-electron chi connectivity index (χ0n) is 17.6. The Hall–Kier alpha value is -1.41. The van der Waals surface area contributed by atoms with Crippen molar-refractivity contribution in [1.82, 2.24) is 9.47 Å². The third kappa shape index (κ3) is 4.05. The molecule has 30 heavy (non-hydrogen) atoms. The van der Waals surface area contributed by atoms with Crippen molar-refractivity contribution in [3.8, 4) is 5.69 Å². The van der Waals surface area contributed by atoms with E-state index < -0.39 is 0 Å². The van der Waals surface area contributed by atoms with Crippen LogP contribution in [0.5, 0.6) is 0 Å². The highest BCUT2D eigenvalue weighted by atomic mass is 79.9. The second kappa shape index (κ2) is 8.61. The van der Waals surface area contributed by atoms with Crippen molar-refractivity contribution in [3.05, 3.63) is 55.7 Å². The molecule has 2 aromatic rings. The quantitative estimate of drug-likeness (QED) is 0.386. The third-order valence-corrected chi connectivity index (χ3v) is 8.35. The number of aryl methyl sites for hydroxylation is 3. The average Bonchev–Trinajstić information content (AvgIpc) is 3.36. The summed E-state index contributed by atoms with van der Waals surface area (Å²) in [4.78, 5) is 15.4. The number of aromatic nitrogens is 1. The number of carbonyl (C=O) groups is 1. The maximum Gasteiger partial charge on any atom is 0.266 e. The molecule has 0 aliphatic carbocycles. The van der Waals surface area contributed by atoms with Gasteiger partial charge in [-0.15, -0.1) is 0 Å². The minimum absolute atomic E-state index is 0.0133. The fraction of sp³-hybridized carbons (Fsp3) is 0.391. The molecule has 2 fully saturated rings. The molecule has 1 amide bonds. The molecule has 3 heterocycles. The Balaban J connectivity index is 1.64. The van der Waals surface area contributed by atoms with Gasteiger partial charge in [-0.3, -0.25) is 9.69 Å². The number of thioether (sulfide) groups is 1. The summed E-state index contributed by atoms with van der Waals surface area (Å²) in [5.74, 6) is -0.0133. The maximum absolute atomic E-state index is 13.0. The Morgan fingerprint density at radius 3 is 2.57 bits per heavy atom. The lowest BCUT2D eigenvalue weighted by Gasteiger charge is -2.18. The summed E-state index contributed by atoms with van der Waals surface area (Å²) in [7, 11) is 0. The van der Waals surface area contributed by atoms with E-state index >= 15 is 0 Å². The third-order valence-electron chi connectivity index (χ3n) is 5.72. The lowest BCUT2D eigenvalue weighted by Crippen LogP contribution is -2.35. The fourth-order valence-electron chi connectivity index (χ4n) is 4.17. The Kier molecular flexibility index (Phi) is 6.26. The molecule has 2 saturated heterocycles. The van der Waals surface area contributed by atoms with E-state index in [2.05, 4.69) is 66.4 Å². The van der Waals surface area contributed by atoms with Gasteiger partial charge in [-0.25, -0.2) is 0 Å². The van der Waals surface area contributed by atoms with Gasteiger partial charge in [0.2, 0.25) is 0 Å². The second-order valence-electron chi connectivity index (χ2n) is 7.98. The molecule has 158 valence electrons. The van der Waals surface area contributed by atoms with Gasteiger partial charge in [-0.2, -0.15) is 0 Å². The molecule has 7 heteroatoms. The molecule has 0 saturated carbocycles. The molecule has 1 aromatic carbocycles. The molecule has 0 unspecified atom stereocenters. The minimum atomic E-state index is -0.0133. The van der Waals surface area contributed by atoms with Crippen LogP contribution in [0, 0.1) is 27.7 Å². The number of hydrogen-bond donors (Lipinski definition) is 0. The first-order valence-corrected chi connectivity index (χ1v) is 12.1. The van der Waals surface area contributed by atoms with Gasteiger partial charge in [0, 0.05) is 28.2 Å². The van der Waals surface area contributed by atoms with Gasteiger partial charge in [0.15, 0.2) is 0 Å². The van der Waals surface area contributed by atoms with Crippen molar-refractivity contribution in [2.24, 2.45) is 0 Å². The van der Waals surface area contributed by atoms with Crippen LogP contribution in [0.3, 0.4) is 0 Å². The summed E-state index contributed by atoms with van der Waals surface area (Å²) < 4.78 is 9.69. The fourth-order valence-corrected chi connectivity index (χ4v) is 5.67. The summed E-state index contributed by atoms with van der Waals surface area (Å²) in [6, 6.07) is 6.50. The van der Waals surface area contributed by atoms with Gasteiger partial charge in [0.25, 0.3) is 5.91 Å². The second-order valence-corrected chi connectivity index (χ2v) is 10.5. The highest BCUT2D eigenvalue weighted by molar-refractivity contribution is 9.10. The summed E-state index contributed by atoms with van der Waals surface area (Å²) in [5.41, 5.74) is 6.83. The molecule has 1 aromatic heterocycles. The van der Waals surface area contributed by atoms with Gasteiger partial charge in [0.1, 0.15) is 4.32 Å². The molecule has 0 N–H and O–H groups in total. The number of halogens is 1. The van der Waals surface area contributed by atoms with Crippen LogP contribution in [0.25, 0.3) is 11.8 Å². The van der Waals surface area contributed by atoms with E-state index in [0.717, 1.165) is 46.6 Å². The van der Waals surface area contributed by atoms with Crippen LogP contribution in [0.2, 0.25) is 0 Å². The number of carbonyl (C=O) groups excluding carboxylic acids is 1. The standard InChI is InChI=1S/C23H25BrN2O2S2/c1-13-8-18(9-14(2)21(13)24)26-15(3)10-17(16(26)4)11-20-22(27)25(23(29)30-20)12-19-6-5-7-28-19/h8-11,19H,5-7,12H2,1-4H3/b20-11-/t19-/m1/s1. The lowest BCUT2D eigenvalue weighted by atomic mass is 10.1. The highest BCUT2D eigenvalue weighted by Crippen LogP contribution is 2.35. The number of benzene rings is 1. The summed E-state index contributed by atoms with van der Waals surface area (Å²) in [6.07, 6.45) is 4.12. The molecule has 2 aliphatic rings. The Labute approximate surface area is 195 Å². The van der Waals surface area contributed by atoms with Crippen LogP contribution in [-0.4, -0.2) is 39.0 Å². The first kappa shape index (κ1) is 21.8. The largest absolute Gasteiger partial charge is 0.376 e. The molecule has 0 radical (unpaired) electrons. The van der Waals surface area contributed by atoms with E-state index in [0.29, 0.717) is 15.8 Å². The van der Waals surface area contributed by atoms with Crippen molar-refractivity contribution in [2.45, 2.75) is 46.6 Å². The van der Waals surface area contributed by atoms with E-state index in [1.807, 2.05) is 6.08 Å². The zero-order chi connectivity index (χ0) is 21.6. The van der Waals surface area contributed by atoms with Gasteiger partial charge >= 0.3 is 0 Å². The number of ether oxygens (including phenoxy) is 1. The SMILES string of the molecule is Cc1cc(-n2c(C)cc(/C=C3\SC(=S)N(C[C@H]4CCCO4)C3=O)c2C)cc(C)c1Br. The van der Waals surface area contributed by atoms with Crippen LogP contribution >= 0.6 is 39.9 Å². The monoisotopic (exact) mass is 504 g/mol. The van der Waals surface area contributed by atoms with E-state index in [9.17, 15) is 4.79 Å². The van der Waals surface area contributed by atoms with Gasteiger partial charge in [-0.1, -0.05) is 39.9 Å². The van der Waals surface area contributed by atoms with Gasteiger partial charge < -0.3 is 9.30 Å². The molecule has 1 atom stereocenters. The molecule has 4 nitrogen and oxygen atoms in total. The smallest absolute Gasteiger partial charge is 0.266 e. The van der Waals surface area contributed by atoms with Crippen molar-refractivity contribution in [3.63, 3.8) is 0 Å². The number of hydrogen-bond acceptors (Lipinski definition) is 4. The van der Waals surface area contributed by atoms with Gasteiger partial charge in [-0.05, 0) is 81.5 Å². The first-order chi connectivity index (χ1) is 14.3. The van der Waals surface area contributed by atoms with E-state index in [1.54, 1.807) is 4.90 Å². The lowest BCUT2D eigenvalue weighted by molar-refractivity contribution is -0.123. The van der Waals surface area contributed by atoms with Crippen LogP contribution < -0.4 is 0 Å². The summed E-state index contributed by atoms with van der Waals surface area (Å²) >= 11 is 10.5. The molecule has 2 aliphatic heterocycles. The molecular formula is C23H25BrN2O2S2. The topological polar surface area (TPSA) is 34.5 Å². The Morgan fingerprint density at radius 1 is 1.23 bits per heavy atom. The highest BCUT2D eigenvalue weighted by Gasteiger charge is 2.34. The number of thiocarbonyl (C=S) groups is 1. The van der Waals surface area contributed by atoms with Crippen molar-refractivity contribution >= 4 is 56.2 Å². The Bertz CT molecular complexity index is 1040. The summed E-state index contributed by atoms with van der Waals surface area (Å²) in [5, 5.41) is 0. The summed E-state index contributed by atoms with van der Waals surface area (Å²) in [6.45, 7) is 9.73. The molecule has 4 rings (SSSR count). The van der Waals surface area contributed by atoms with E-state index in [4.69, 9.17) is 17.0 Å². The predicted octanol–water partition coefficient (Wildman–Crippen LogP) is 5.85. The number of rotatable bonds is 4. The molecular weight excluding hydrogens is 480 g/mol. The van der Waals surface area contributed by atoms with E-state index in [-0.39, 0.29) is 12.0 Å². The van der Waals surface area contributed by atoms with Crippen LogP contribution in [0.1, 0.15) is 40.9 Å². The van der Waals surface area contributed by atoms with Crippen molar-refractivity contribution in [1.29, 1.82) is 0 Å². The van der Waals surface area contributed by atoms with Gasteiger partial charge in [0.05, 0.1) is 17.6 Å². The molecule has 0 bridgehead atoms. The first-order valence-electron chi connectivity index (χ1n) is 10.1. The number of amides is 1.